The molecular formula is C30H28O2. The molecular weight excluding hydrogens is 392 g/mol. The molecule has 4 aromatic rings. The van der Waals surface area contributed by atoms with E-state index < -0.39 is 0 Å². The summed E-state index contributed by atoms with van der Waals surface area (Å²) in [6.07, 6.45) is 8.61. The molecule has 2 heteroatoms. The molecule has 0 bridgehead atoms. The van der Waals surface area contributed by atoms with Crippen molar-refractivity contribution in [3.63, 3.8) is 0 Å². The van der Waals surface area contributed by atoms with Gasteiger partial charge in [-0.1, -0.05) is 72.8 Å². The van der Waals surface area contributed by atoms with Crippen LogP contribution in [0.4, 0.5) is 0 Å². The summed E-state index contributed by atoms with van der Waals surface area (Å²) < 4.78 is 10.9. The van der Waals surface area contributed by atoms with Gasteiger partial charge in [0.15, 0.2) is 0 Å². The molecule has 0 N–H and O–H groups in total. The van der Waals surface area contributed by atoms with Crippen molar-refractivity contribution < 1.29 is 9.47 Å². The quantitative estimate of drug-likeness (QED) is 0.296. The highest BCUT2D eigenvalue weighted by Crippen LogP contribution is 2.26. The fourth-order valence-corrected chi connectivity index (χ4v) is 3.86. The zero-order chi connectivity index (χ0) is 22.5. The molecule has 2 nitrogen and oxygen atoms in total. The minimum absolute atomic E-state index is 0.905. The number of hydrogen-bond acceptors (Lipinski definition) is 2. The zero-order valence-corrected chi connectivity index (χ0v) is 19.1. The van der Waals surface area contributed by atoms with Gasteiger partial charge in [0.1, 0.15) is 11.5 Å². The summed E-state index contributed by atoms with van der Waals surface area (Å²) in [5, 5.41) is 2.45. The average molecular weight is 421 g/mol. The molecule has 0 aliphatic carbocycles. The number of methoxy groups -OCH3 is 2. The molecule has 160 valence electrons. The van der Waals surface area contributed by atoms with Gasteiger partial charge in [0.25, 0.3) is 0 Å². The Morgan fingerprint density at radius 3 is 1.75 bits per heavy atom. The maximum absolute atomic E-state index is 5.47. The number of aryl methyl sites for hydroxylation is 2. The van der Waals surface area contributed by atoms with Crippen molar-refractivity contribution in [2.45, 2.75) is 13.8 Å². The third-order valence-electron chi connectivity index (χ3n) is 5.70. The zero-order valence-electron chi connectivity index (χ0n) is 19.1. The van der Waals surface area contributed by atoms with Gasteiger partial charge in [-0.2, -0.15) is 0 Å². The monoisotopic (exact) mass is 420 g/mol. The predicted molar refractivity (Wildman–Crippen MR) is 137 cm³/mol. The van der Waals surface area contributed by atoms with Gasteiger partial charge in [-0.3, -0.25) is 0 Å². The van der Waals surface area contributed by atoms with Gasteiger partial charge in [0.05, 0.1) is 14.2 Å². The van der Waals surface area contributed by atoms with Crippen LogP contribution in [-0.4, -0.2) is 14.2 Å². The standard InChI is InChI=1S/C30H28O2/c1-21-9-11-23(19-29(21)31-3)13-14-25-17-26-7-5-6-8-28(26)27(18-25)16-15-24-12-10-22(2)30(20-24)32-4/h5-20H,1-4H3. The van der Waals surface area contributed by atoms with Crippen LogP contribution in [0.5, 0.6) is 11.5 Å². The number of rotatable bonds is 6. The molecule has 4 aromatic carbocycles. The summed E-state index contributed by atoms with van der Waals surface area (Å²) in [7, 11) is 3.42. The molecule has 0 aliphatic rings. The average Bonchev–Trinajstić information content (AvgIpc) is 2.82. The van der Waals surface area contributed by atoms with Gasteiger partial charge >= 0.3 is 0 Å². The molecule has 0 saturated heterocycles. The minimum Gasteiger partial charge on any atom is -0.496 e. The number of hydrogen-bond donors (Lipinski definition) is 0. The van der Waals surface area contributed by atoms with E-state index in [0.717, 1.165) is 39.3 Å². The van der Waals surface area contributed by atoms with Crippen LogP contribution in [0.2, 0.25) is 0 Å². The molecule has 32 heavy (non-hydrogen) atoms. The van der Waals surface area contributed by atoms with E-state index in [9.17, 15) is 0 Å². The van der Waals surface area contributed by atoms with Crippen molar-refractivity contribution in [3.05, 3.63) is 106 Å². The Balaban J connectivity index is 1.70. The Hall–Kier alpha value is -3.78. The van der Waals surface area contributed by atoms with Gasteiger partial charge in [0, 0.05) is 0 Å². The SMILES string of the molecule is COc1cc(C=Cc2cc(C=Cc3ccc(C)c(OC)c3)c3ccccc3c2)ccc1C. The van der Waals surface area contributed by atoms with Gasteiger partial charge in [0.2, 0.25) is 0 Å². The Morgan fingerprint density at radius 1 is 0.562 bits per heavy atom. The third-order valence-corrected chi connectivity index (χ3v) is 5.70. The van der Waals surface area contributed by atoms with Crippen LogP contribution in [0, 0.1) is 13.8 Å². The second-order valence-corrected chi connectivity index (χ2v) is 7.96. The molecule has 4 rings (SSSR count). The summed E-state index contributed by atoms with van der Waals surface area (Å²) in [6.45, 7) is 4.11. The Kier molecular flexibility index (Phi) is 6.42. The smallest absolute Gasteiger partial charge is 0.122 e. The summed E-state index contributed by atoms with van der Waals surface area (Å²) in [5.41, 5.74) is 6.84. The van der Waals surface area contributed by atoms with Crippen LogP contribution in [0.25, 0.3) is 35.1 Å². The Morgan fingerprint density at radius 2 is 1.12 bits per heavy atom. The van der Waals surface area contributed by atoms with Gasteiger partial charge in [-0.15, -0.1) is 0 Å². The minimum atomic E-state index is 0.905. The van der Waals surface area contributed by atoms with Gasteiger partial charge in [-0.25, -0.2) is 0 Å². The van der Waals surface area contributed by atoms with Crippen molar-refractivity contribution in [3.8, 4) is 11.5 Å². The van der Waals surface area contributed by atoms with E-state index >= 15 is 0 Å². The van der Waals surface area contributed by atoms with Crippen molar-refractivity contribution in [1.29, 1.82) is 0 Å². The second kappa shape index (κ2) is 9.57. The summed E-state index contributed by atoms with van der Waals surface area (Å²) >= 11 is 0. The number of benzene rings is 4. The number of ether oxygens (including phenoxy) is 2. The highest BCUT2D eigenvalue weighted by atomic mass is 16.5. The maximum Gasteiger partial charge on any atom is 0.122 e. The van der Waals surface area contributed by atoms with Gasteiger partial charge < -0.3 is 9.47 Å². The summed E-state index contributed by atoms with van der Waals surface area (Å²) in [4.78, 5) is 0. The fraction of sp³-hybridized carbons (Fsp3) is 0.133. The molecule has 0 atom stereocenters. The van der Waals surface area contributed by atoms with Crippen LogP contribution in [0.15, 0.2) is 72.8 Å². The highest BCUT2D eigenvalue weighted by Gasteiger charge is 2.03. The van der Waals surface area contributed by atoms with E-state index in [2.05, 4.69) is 111 Å². The number of fused-ring (bicyclic) bond motifs is 1. The van der Waals surface area contributed by atoms with E-state index in [1.54, 1.807) is 14.2 Å². The molecule has 0 fully saturated rings. The maximum atomic E-state index is 5.47. The first kappa shape index (κ1) is 21.5. The molecule has 0 saturated carbocycles. The van der Waals surface area contributed by atoms with Crippen molar-refractivity contribution >= 4 is 35.1 Å². The van der Waals surface area contributed by atoms with Crippen LogP contribution in [0.1, 0.15) is 33.4 Å². The summed E-state index contributed by atoms with van der Waals surface area (Å²) in [5.74, 6) is 1.81. The predicted octanol–water partition coefficient (Wildman–Crippen LogP) is 7.81. The van der Waals surface area contributed by atoms with E-state index in [0.29, 0.717) is 0 Å². The first-order valence-electron chi connectivity index (χ1n) is 10.8. The lowest BCUT2D eigenvalue weighted by Gasteiger charge is -2.07. The van der Waals surface area contributed by atoms with E-state index in [1.165, 1.54) is 16.3 Å². The van der Waals surface area contributed by atoms with Crippen LogP contribution in [0.3, 0.4) is 0 Å². The third kappa shape index (κ3) is 4.76. The van der Waals surface area contributed by atoms with Crippen molar-refractivity contribution in [2.24, 2.45) is 0 Å². The molecule has 0 unspecified atom stereocenters. The first-order chi connectivity index (χ1) is 15.6. The van der Waals surface area contributed by atoms with Crippen molar-refractivity contribution in [2.75, 3.05) is 14.2 Å². The second-order valence-electron chi connectivity index (χ2n) is 7.96. The van der Waals surface area contributed by atoms with Crippen LogP contribution in [-0.2, 0) is 0 Å². The van der Waals surface area contributed by atoms with Gasteiger partial charge in [-0.05, 0) is 82.3 Å². The molecule has 0 spiro atoms. The lowest BCUT2D eigenvalue weighted by molar-refractivity contribution is 0.411. The molecule has 0 amide bonds. The molecule has 0 aliphatic heterocycles. The first-order valence-corrected chi connectivity index (χ1v) is 10.8. The largest absolute Gasteiger partial charge is 0.496 e. The van der Waals surface area contributed by atoms with E-state index in [1.807, 2.05) is 0 Å². The lowest BCUT2D eigenvalue weighted by atomic mass is 9.99. The normalized spacial score (nSPS) is 11.5. The van der Waals surface area contributed by atoms with E-state index in [-0.39, 0.29) is 0 Å². The fourth-order valence-electron chi connectivity index (χ4n) is 3.86. The molecule has 0 radical (unpaired) electrons. The molecule has 0 heterocycles. The topological polar surface area (TPSA) is 18.5 Å². The Labute approximate surface area is 190 Å². The van der Waals surface area contributed by atoms with Crippen LogP contribution >= 0.6 is 0 Å². The van der Waals surface area contributed by atoms with E-state index in [4.69, 9.17) is 9.47 Å². The van der Waals surface area contributed by atoms with Crippen LogP contribution < -0.4 is 9.47 Å². The highest BCUT2D eigenvalue weighted by molar-refractivity contribution is 5.95. The molecule has 0 aromatic heterocycles. The lowest BCUT2D eigenvalue weighted by Crippen LogP contribution is -1.87. The summed E-state index contributed by atoms with van der Waals surface area (Å²) in [6, 6.07) is 25.5. The van der Waals surface area contributed by atoms with Crippen molar-refractivity contribution in [1.82, 2.24) is 0 Å². The Bertz CT molecular complexity index is 1310.